The molecule has 0 aromatic carbocycles. The first kappa shape index (κ1) is 12.5. The summed E-state index contributed by atoms with van der Waals surface area (Å²) in [6, 6.07) is 0. The Labute approximate surface area is 89.4 Å². The predicted molar refractivity (Wildman–Crippen MR) is 54.9 cm³/mol. The zero-order valence-electron chi connectivity index (χ0n) is 8.66. The Morgan fingerprint density at radius 2 is 2.29 bits per heavy atom. The summed E-state index contributed by atoms with van der Waals surface area (Å²) in [6.45, 7) is 5.78. The molecule has 4 nitrogen and oxygen atoms in total. The Hall–Kier alpha value is 0.400. The number of ether oxygens (including phenoxy) is 1. The first-order valence-corrected chi connectivity index (χ1v) is 6.62. The molecule has 0 amide bonds. The van der Waals surface area contributed by atoms with Gasteiger partial charge in [-0.2, -0.15) is 0 Å². The summed E-state index contributed by atoms with van der Waals surface area (Å²) in [4.78, 5) is 0. The summed E-state index contributed by atoms with van der Waals surface area (Å²) in [5.74, 6) is 0.291. The van der Waals surface area contributed by atoms with Crippen LogP contribution in [0.4, 0.5) is 0 Å². The molecule has 0 aromatic rings. The number of hydrogen-bond donors (Lipinski definition) is 0. The van der Waals surface area contributed by atoms with Gasteiger partial charge < -0.3 is 13.8 Å². The third-order valence-electron chi connectivity index (χ3n) is 1.97. The van der Waals surface area contributed by atoms with Crippen LogP contribution >= 0.6 is 19.2 Å². The van der Waals surface area contributed by atoms with E-state index in [1.54, 1.807) is 13.8 Å². The summed E-state index contributed by atoms with van der Waals surface area (Å²) >= 11 is 5.46. The van der Waals surface area contributed by atoms with E-state index in [0.29, 0.717) is 12.5 Å². The quantitative estimate of drug-likeness (QED) is 0.564. The van der Waals surface area contributed by atoms with Gasteiger partial charge in [0.15, 0.2) is 5.34 Å². The molecule has 2 unspecified atom stereocenters. The summed E-state index contributed by atoms with van der Waals surface area (Å²) in [7, 11) is -3.18. The molecule has 1 rings (SSSR count). The van der Waals surface area contributed by atoms with Crippen LogP contribution in [0.15, 0.2) is 0 Å². The lowest BCUT2D eigenvalue weighted by Crippen LogP contribution is -2.38. The third kappa shape index (κ3) is 2.50. The lowest BCUT2D eigenvalue weighted by atomic mass is 10.4. The van der Waals surface area contributed by atoms with Crippen LogP contribution in [0.5, 0.6) is 0 Å². The van der Waals surface area contributed by atoms with Crippen molar-refractivity contribution in [3.05, 3.63) is 0 Å². The molecule has 2 atom stereocenters. The molecule has 0 spiro atoms. The molecule has 1 aliphatic rings. The largest absolute Gasteiger partial charge is 0.361 e. The first-order valence-electron chi connectivity index (χ1n) is 4.54. The second kappa shape index (κ2) is 4.50. The minimum atomic E-state index is -3.18. The SMILES string of the molecule is CC1COP(=O)(OCCCl)C(C)(C)O1. The highest BCUT2D eigenvalue weighted by molar-refractivity contribution is 7.55. The first-order chi connectivity index (χ1) is 6.41. The van der Waals surface area contributed by atoms with Crippen molar-refractivity contribution in [3.8, 4) is 0 Å². The van der Waals surface area contributed by atoms with Crippen LogP contribution in [0.3, 0.4) is 0 Å². The average molecular weight is 243 g/mol. The van der Waals surface area contributed by atoms with E-state index in [4.69, 9.17) is 25.4 Å². The van der Waals surface area contributed by atoms with Gasteiger partial charge in [-0.05, 0) is 20.8 Å². The van der Waals surface area contributed by atoms with E-state index in [1.165, 1.54) is 0 Å². The van der Waals surface area contributed by atoms with Gasteiger partial charge in [0.25, 0.3) is 0 Å². The number of hydrogen-bond acceptors (Lipinski definition) is 4. The number of rotatable bonds is 3. The monoisotopic (exact) mass is 242 g/mol. The molecule has 0 saturated carbocycles. The van der Waals surface area contributed by atoms with Crippen LogP contribution in [-0.4, -0.2) is 30.5 Å². The van der Waals surface area contributed by atoms with Gasteiger partial charge in [-0.25, -0.2) is 0 Å². The maximum Gasteiger partial charge on any atom is 0.361 e. The van der Waals surface area contributed by atoms with Gasteiger partial charge in [0.05, 0.1) is 19.3 Å². The fraction of sp³-hybridized carbons (Fsp3) is 1.00. The van der Waals surface area contributed by atoms with Crippen molar-refractivity contribution in [2.45, 2.75) is 32.2 Å². The van der Waals surface area contributed by atoms with E-state index < -0.39 is 12.9 Å². The minimum absolute atomic E-state index is 0.0633. The van der Waals surface area contributed by atoms with Crippen molar-refractivity contribution in [1.29, 1.82) is 0 Å². The lowest BCUT2D eigenvalue weighted by molar-refractivity contribution is -0.0823. The van der Waals surface area contributed by atoms with Crippen molar-refractivity contribution in [2.75, 3.05) is 19.1 Å². The summed E-state index contributed by atoms with van der Waals surface area (Å²) in [5, 5.41) is -0.892. The van der Waals surface area contributed by atoms with E-state index >= 15 is 0 Å². The van der Waals surface area contributed by atoms with E-state index in [2.05, 4.69) is 0 Å². The molecule has 1 saturated heterocycles. The average Bonchev–Trinajstić information content (AvgIpc) is 2.08. The zero-order valence-corrected chi connectivity index (χ0v) is 10.3. The van der Waals surface area contributed by atoms with Gasteiger partial charge in [0, 0.05) is 5.88 Å². The smallest absolute Gasteiger partial charge is 0.358 e. The van der Waals surface area contributed by atoms with Crippen LogP contribution in [0.1, 0.15) is 20.8 Å². The zero-order chi connectivity index (χ0) is 10.8. The van der Waals surface area contributed by atoms with Crippen molar-refractivity contribution < 1.29 is 18.3 Å². The molecule has 1 fully saturated rings. The molecule has 6 heteroatoms. The Morgan fingerprint density at radius 1 is 1.64 bits per heavy atom. The summed E-state index contributed by atoms with van der Waals surface area (Å²) in [5.41, 5.74) is 0. The molecule has 14 heavy (non-hydrogen) atoms. The number of halogens is 1. The third-order valence-corrected chi connectivity index (χ3v) is 4.56. The molecule has 0 N–H and O–H groups in total. The standard InChI is InChI=1S/C8H16ClO4P/c1-7-6-12-14(10,11-5-4-9)8(2,3)13-7/h7H,4-6H2,1-3H3. The number of alkyl halides is 1. The van der Waals surface area contributed by atoms with Gasteiger partial charge in [-0.1, -0.05) is 0 Å². The maximum absolute atomic E-state index is 12.2. The van der Waals surface area contributed by atoms with Crippen LogP contribution in [-0.2, 0) is 18.3 Å². The van der Waals surface area contributed by atoms with Gasteiger partial charge in [-0.15, -0.1) is 11.6 Å². The predicted octanol–water partition coefficient (Wildman–Crippen LogP) is 2.61. The van der Waals surface area contributed by atoms with Crippen LogP contribution in [0.2, 0.25) is 0 Å². The lowest BCUT2D eigenvalue weighted by Gasteiger charge is -2.39. The van der Waals surface area contributed by atoms with Crippen molar-refractivity contribution in [3.63, 3.8) is 0 Å². The van der Waals surface area contributed by atoms with E-state index in [9.17, 15) is 4.57 Å². The van der Waals surface area contributed by atoms with E-state index in [0.717, 1.165) is 0 Å². The molecule has 84 valence electrons. The maximum atomic E-state index is 12.2. The molecular weight excluding hydrogens is 227 g/mol. The van der Waals surface area contributed by atoms with Crippen molar-refractivity contribution >= 4 is 19.2 Å². The van der Waals surface area contributed by atoms with Crippen LogP contribution in [0.25, 0.3) is 0 Å². The molecule has 0 aromatic heterocycles. The highest BCUT2D eigenvalue weighted by Crippen LogP contribution is 2.62. The van der Waals surface area contributed by atoms with Gasteiger partial charge in [0.2, 0.25) is 0 Å². The normalized spacial score (nSPS) is 37.0. The Bertz CT molecular complexity index is 237. The fourth-order valence-electron chi connectivity index (χ4n) is 1.30. The van der Waals surface area contributed by atoms with Crippen LogP contribution in [0, 0.1) is 0 Å². The van der Waals surface area contributed by atoms with E-state index in [-0.39, 0.29) is 12.7 Å². The topological polar surface area (TPSA) is 44.8 Å². The van der Waals surface area contributed by atoms with Crippen molar-refractivity contribution in [2.24, 2.45) is 0 Å². The van der Waals surface area contributed by atoms with Gasteiger partial charge in [-0.3, -0.25) is 4.57 Å². The van der Waals surface area contributed by atoms with Gasteiger partial charge in [0.1, 0.15) is 0 Å². The Balaban J connectivity index is 2.71. The Morgan fingerprint density at radius 3 is 2.79 bits per heavy atom. The molecular formula is C8H16ClO4P. The minimum Gasteiger partial charge on any atom is -0.358 e. The second-order valence-electron chi connectivity index (χ2n) is 3.69. The summed E-state index contributed by atoms with van der Waals surface area (Å²) in [6.07, 6.45) is -0.0633. The molecule has 0 bridgehead atoms. The second-order valence-corrected chi connectivity index (χ2v) is 6.66. The fourth-order valence-corrected chi connectivity index (χ4v) is 3.22. The molecule has 1 heterocycles. The van der Waals surface area contributed by atoms with Crippen molar-refractivity contribution in [1.82, 2.24) is 0 Å². The highest BCUT2D eigenvalue weighted by atomic mass is 35.5. The highest BCUT2D eigenvalue weighted by Gasteiger charge is 2.49. The van der Waals surface area contributed by atoms with E-state index in [1.807, 2.05) is 6.92 Å². The Kier molecular flexibility index (Phi) is 4.01. The van der Waals surface area contributed by atoms with Crippen LogP contribution < -0.4 is 0 Å². The molecule has 0 radical (unpaired) electrons. The summed E-state index contributed by atoms with van der Waals surface area (Å²) < 4.78 is 28.1. The molecule has 0 aliphatic carbocycles. The van der Waals surface area contributed by atoms with Gasteiger partial charge >= 0.3 is 7.60 Å². The molecule has 1 aliphatic heterocycles.